The quantitative estimate of drug-likeness (QED) is 0.749. The van der Waals surface area contributed by atoms with E-state index in [2.05, 4.69) is 0 Å². The molecule has 1 fully saturated rings. The second-order valence-corrected chi connectivity index (χ2v) is 4.16. The monoisotopic (exact) mass is 238 g/mol. The topological polar surface area (TPSA) is 55.6 Å². The van der Waals surface area contributed by atoms with Crippen LogP contribution < -0.4 is 5.73 Å². The van der Waals surface area contributed by atoms with Gasteiger partial charge < -0.3 is 15.4 Å². The zero-order valence-electron chi connectivity index (χ0n) is 9.65. The molecule has 1 aromatic carbocycles. The smallest absolute Gasteiger partial charge is 0.257 e. The van der Waals surface area contributed by atoms with Gasteiger partial charge in [-0.3, -0.25) is 4.79 Å². The Morgan fingerprint density at radius 1 is 1.59 bits per heavy atom. The lowest BCUT2D eigenvalue weighted by Gasteiger charge is -2.33. The van der Waals surface area contributed by atoms with Gasteiger partial charge >= 0.3 is 0 Å². The van der Waals surface area contributed by atoms with Crippen LogP contribution in [0.25, 0.3) is 0 Å². The molecule has 1 saturated heterocycles. The fraction of sp³-hybridized carbons (Fsp3) is 0.417. The summed E-state index contributed by atoms with van der Waals surface area (Å²) in [6, 6.07) is 3.99. The van der Waals surface area contributed by atoms with E-state index in [0.29, 0.717) is 25.4 Å². The number of benzene rings is 1. The van der Waals surface area contributed by atoms with Gasteiger partial charge in [0.1, 0.15) is 5.82 Å². The predicted molar refractivity (Wildman–Crippen MR) is 62.1 cm³/mol. The van der Waals surface area contributed by atoms with E-state index < -0.39 is 5.82 Å². The number of nitrogens with zero attached hydrogens (tertiary/aromatic N) is 1. The summed E-state index contributed by atoms with van der Waals surface area (Å²) in [6.07, 6.45) is 0. The van der Waals surface area contributed by atoms with E-state index in [1.807, 2.05) is 6.92 Å². The molecule has 0 aliphatic carbocycles. The van der Waals surface area contributed by atoms with Crippen molar-refractivity contribution in [2.24, 2.45) is 0 Å². The molecule has 1 aliphatic rings. The average Bonchev–Trinajstić information content (AvgIpc) is 2.32. The molecule has 1 aromatic rings. The van der Waals surface area contributed by atoms with Gasteiger partial charge in [0.15, 0.2) is 0 Å². The number of ether oxygens (including phenoxy) is 1. The second-order valence-electron chi connectivity index (χ2n) is 4.16. The summed E-state index contributed by atoms with van der Waals surface area (Å²) in [7, 11) is 0. The third-order valence-corrected chi connectivity index (χ3v) is 2.85. The highest BCUT2D eigenvalue weighted by molar-refractivity contribution is 5.95. The number of carbonyl (C=O) groups is 1. The van der Waals surface area contributed by atoms with Gasteiger partial charge in [-0.2, -0.15) is 0 Å². The number of nitrogens with two attached hydrogens (primary N) is 1. The van der Waals surface area contributed by atoms with Crippen LogP contribution in [0.15, 0.2) is 18.2 Å². The minimum Gasteiger partial charge on any atom is -0.399 e. The zero-order chi connectivity index (χ0) is 12.4. The highest BCUT2D eigenvalue weighted by Gasteiger charge is 2.26. The Bertz CT molecular complexity index is 437. The lowest BCUT2D eigenvalue weighted by Crippen LogP contribution is -2.47. The normalized spacial score (nSPS) is 20.4. The van der Waals surface area contributed by atoms with Crippen molar-refractivity contribution in [2.45, 2.75) is 13.0 Å². The summed E-state index contributed by atoms with van der Waals surface area (Å²) in [5.41, 5.74) is 5.98. The minimum atomic E-state index is -0.539. The van der Waals surface area contributed by atoms with Crippen LogP contribution in [0.2, 0.25) is 0 Å². The molecular formula is C12H15FN2O2. The first-order chi connectivity index (χ1) is 8.09. The number of rotatable bonds is 1. The van der Waals surface area contributed by atoms with Gasteiger partial charge in [0.2, 0.25) is 0 Å². The van der Waals surface area contributed by atoms with Crippen molar-refractivity contribution in [1.29, 1.82) is 0 Å². The van der Waals surface area contributed by atoms with Crippen LogP contribution in [0.1, 0.15) is 17.3 Å². The molecule has 2 rings (SSSR count). The number of amides is 1. The molecule has 1 heterocycles. The van der Waals surface area contributed by atoms with Gasteiger partial charge in [-0.05, 0) is 25.1 Å². The van der Waals surface area contributed by atoms with Crippen LogP contribution >= 0.6 is 0 Å². The van der Waals surface area contributed by atoms with E-state index >= 15 is 0 Å². The Kier molecular flexibility index (Phi) is 3.28. The van der Waals surface area contributed by atoms with Crippen molar-refractivity contribution in [3.8, 4) is 0 Å². The van der Waals surface area contributed by atoms with Crippen LogP contribution in [-0.2, 0) is 4.74 Å². The molecular weight excluding hydrogens is 223 g/mol. The summed E-state index contributed by atoms with van der Waals surface area (Å²) >= 11 is 0. The van der Waals surface area contributed by atoms with Gasteiger partial charge in [0, 0.05) is 12.2 Å². The maximum atomic E-state index is 13.6. The fourth-order valence-electron chi connectivity index (χ4n) is 1.89. The molecule has 4 nitrogen and oxygen atoms in total. The molecule has 5 heteroatoms. The van der Waals surface area contributed by atoms with Crippen LogP contribution in [0, 0.1) is 5.82 Å². The molecule has 0 bridgehead atoms. The molecule has 1 amide bonds. The number of halogens is 1. The molecule has 1 aliphatic heterocycles. The number of nitrogen functional groups attached to an aromatic ring is 1. The predicted octanol–water partition coefficient (Wildman–Crippen LogP) is 1.27. The highest BCUT2D eigenvalue weighted by Crippen LogP contribution is 2.17. The number of anilines is 1. The lowest BCUT2D eigenvalue weighted by molar-refractivity contribution is 0.00335. The maximum absolute atomic E-state index is 13.6. The third-order valence-electron chi connectivity index (χ3n) is 2.85. The summed E-state index contributed by atoms with van der Waals surface area (Å²) in [4.78, 5) is 13.8. The zero-order valence-corrected chi connectivity index (χ0v) is 9.65. The van der Waals surface area contributed by atoms with Gasteiger partial charge in [0.25, 0.3) is 5.91 Å². The van der Waals surface area contributed by atoms with E-state index in [1.54, 1.807) is 4.90 Å². The van der Waals surface area contributed by atoms with E-state index in [-0.39, 0.29) is 17.5 Å². The molecule has 0 radical (unpaired) electrons. The average molecular weight is 238 g/mol. The molecule has 0 saturated carbocycles. The van der Waals surface area contributed by atoms with E-state index in [4.69, 9.17) is 10.5 Å². The third kappa shape index (κ3) is 2.39. The standard InChI is InChI=1S/C12H15FN2O2/c1-8-7-17-5-4-15(8)12(16)10-6-9(14)2-3-11(10)13/h2-3,6,8H,4-5,7,14H2,1H3. The summed E-state index contributed by atoms with van der Waals surface area (Å²) < 4.78 is 18.8. The number of hydrogen-bond donors (Lipinski definition) is 1. The van der Waals surface area contributed by atoms with Crippen molar-refractivity contribution in [3.05, 3.63) is 29.6 Å². The molecule has 92 valence electrons. The summed E-state index contributed by atoms with van der Waals surface area (Å²) in [5.74, 6) is -0.867. The highest BCUT2D eigenvalue weighted by atomic mass is 19.1. The molecule has 1 atom stereocenters. The Morgan fingerprint density at radius 3 is 3.06 bits per heavy atom. The first kappa shape index (κ1) is 11.9. The minimum absolute atomic E-state index is 0.0266. The van der Waals surface area contributed by atoms with E-state index in [1.165, 1.54) is 18.2 Å². The second kappa shape index (κ2) is 4.71. The van der Waals surface area contributed by atoms with E-state index in [0.717, 1.165) is 0 Å². The van der Waals surface area contributed by atoms with Crippen LogP contribution in [0.3, 0.4) is 0 Å². The first-order valence-corrected chi connectivity index (χ1v) is 5.53. The Balaban J connectivity index is 2.26. The summed E-state index contributed by atoms with van der Waals surface area (Å²) in [5, 5.41) is 0. The SMILES string of the molecule is CC1COCCN1C(=O)c1cc(N)ccc1F. The van der Waals surface area contributed by atoms with Crippen molar-refractivity contribution in [1.82, 2.24) is 4.90 Å². The van der Waals surface area contributed by atoms with Crippen LogP contribution in [0.4, 0.5) is 10.1 Å². The maximum Gasteiger partial charge on any atom is 0.257 e. The first-order valence-electron chi connectivity index (χ1n) is 5.53. The van der Waals surface area contributed by atoms with E-state index in [9.17, 15) is 9.18 Å². The Labute approximate surface area is 99.2 Å². The van der Waals surface area contributed by atoms with Crippen molar-refractivity contribution in [3.63, 3.8) is 0 Å². The number of hydrogen-bond acceptors (Lipinski definition) is 3. The molecule has 0 aromatic heterocycles. The number of carbonyl (C=O) groups excluding carboxylic acids is 1. The van der Waals surface area contributed by atoms with Crippen molar-refractivity contribution < 1.29 is 13.9 Å². The molecule has 1 unspecified atom stereocenters. The Morgan fingerprint density at radius 2 is 2.35 bits per heavy atom. The molecule has 2 N–H and O–H groups in total. The Hall–Kier alpha value is -1.62. The summed E-state index contributed by atoms with van der Waals surface area (Å²) in [6.45, 7) is 3.32. The van der Waals surface area contributed by atoms with Gasteiger partial charge in [0.05, 0.1) is 24.8 Å². The molecule has 17 heavy (non-hydrogen) atoms. The van der Waals surface area contributed by atoms with Gasteiger partial charge in [-0.15, -0.1) is 0 Å². The van der Waals surface area contributed by atoms with Crippen LogP contribution in [0.5, 0.6) is 0 Å². The lowest BCUT2D eigenvalue weighted by atomic mass is 10.1. The number of morpholine rings is 1. The van der Waals surface area contributed by atoms with Crippen molar-refractivity contribution >= 4 is 11.6 Å². The van der Waals surface area contributed by atoms with Gasteiger partial charge in [-0.25, -0.2) is 4.39 Å². The van der Waals surface area contributed by atoms with Crippen LogP contribution in [-0.4, -0.2) is 36.6 Å². The van der Waals surface area contributed by atoms with Crippen molar-refractivity contribution in [2.75, 3.05) is 25.5 Å². The van der Waals surface area contributed by atoms with Gasteiger partial charge in [-0.1, -0.05) is 0 Å². The largest absolute Gasteiger partial charge is 0.399 e. The molecule has 0 spiro atoms. The fourth-order valence-corrected chi connectivity index (χ4v) is 1.89.